The predicted octanol–water partition coefficient (Wildman–Crippen LogP) is 8.98. The van der Waals surface area contributed by atoms with Crippen molar-refractivity contribution < 1.29 is 33.3 Å². The summed E-state index contributed by atoms with van der Waals surface area (Å²) in [6.07, 6.45) is 14.0. The van der Waals surface area contributed by atoms with E-state index in [9.17, 15) is 23.5 Å². The number of halogens is 2. The van der Waals surface area contributed by atoms with Crippen LogP contribution in [0.15, 0.2) is 36.0 Å². The summed E-state index contributed by atoms with van der Waals surface area (Å²) in [6, 6.07) is 6.11. The maximum Gasteiger partial charge on any atom is 0.325 e. The molecule has 10 heteroatoms. The number of benzene rings is 1. The molecule has 1 aromatic carbocycles. The van der Waals surface area contributed by atoms with E-state index >= 15 is 0 Å². The summed E-state index contributed by atoms with van der Waals surface area (Å²) in [5.74, 6) is -3.37. The summed E-state index contributed by atoms with van der Waals surface area (Å²) in [5, 5.41) is 23.9. The molecule has 0 amide bonds. The molecule has 1 unspecified atom stereocenters. The van der Waals surface area contributed by atoms with Crippen molar-refractivity contribution in [2.45, 2.75) is 136 Å². The van der Waals surface area contributed by atoms with Gasteiger partial charge in [0.2, 0.25) is 0 Å². The highest BCUT2D eigenvalue weighted by Crippen LogP contribution is 2.39. The van der Waals surface area contributed by atoms with Crippen molar-refractivity contribution in [3.8, 4) is 0 Å². The molecule has 2 aromatic rings. The number of aromatic nitrogens is 1. The van der Waals surface area contributed by atoms with E-state index in [0.717, 1.165) is 76.7 Å². The van der Waals surface area contributed by atoms with Gasteiger partial charge in [-0.3, -0.25) is 14.6 Å². The quantitative estimate of drug-likeness (QED) is 0.126. The Morgan fingerprint density at radius 1 is 1.06 bits per heavy atom. The van der Waals surface area contributed by atoms with Crippen LogP contribution in [0.1, 0.15) is 155 Å². The van der Waals surface area contributed by atoms with E-state index in [1.54, 1.807) is 13.8 Å². The Labute approximate surface area is 311 Å². The Morgan fingerprint density at radius 3 is 2.12 bits per heavy atom. The van der Waals surface area contributed by atoms with Gasteiger partial charge in [-0.25, -0.2) is 8.78 Å². The number of likely N-dealkylation sites (N-methyl/N-ethyl adjacent to an activating group) is 1. The number of nitrogens with one attached hydrogen (secondary N) is 2. The van der Waals surface area contributed by atoms with E-state index in [1.165, 1.54) is 48.3 Å². The lowest BCUT2D eigenvalue weighted by molar-refractivity contribution is -0.139. The molecule has 3 aliphatic rings. The second-order valence-electron chi connectivity index (χ2n) is 14.0. The second kappa shape index (κ2) is 23.5. The van der Waals surface area contributed by atoms with Crippen LogP contribution in [-0.2, 0) is 28.3 Å². The summed E-state index contributed by atoms with van der Waals surface area (Å²) in [5.41, 5.74) is 5.60. The largest absolute Gasteiger partial charge is 0.480 e. The van der Waals surface area contributed by atoms with Gasteiger partial charge in [0, 0.05) is 80.8 Å². The fourth-order valence-corrected chi connectivity index (χ4v) is 5.89. The molecule has 1 atom stereocenters. The molecule has 292 valence electrons. The van der Waals surface area contributed by atoms with Gasteiger partial charge in [-0.2, -0.15) is 0 Å². The highest BCUT2D eigenvalue weighted by molar-refractivity contribution is 5.98. The molecular weight excluding hydrogens is 664 g/mol. The van der Waals surface area contributed by atoms with Crippen LogP contribution in [0.2, 0.25) is 0 Å². The number of ether oxygens (including phenoxy) is 1. The average molecular weight is 730 g/mol. The number of carboxylic acids is 1. The Hall–Kier alpha value is -3.21. The van der Waals surface area contributed by atoms with Gasteiger partial charge >= 0.3 is 5.97 Å². The van der Waals surface area contributed by atoms with E-state index in [-0.39, 0.29) is 35.3 Å². The van der Waals surface area contributed by atoms with Crippen molar-refractivity contribution in [3.05, 3.63) is 75.2 Å². The Kier molecular flexibility index (Phi) is 20.3. The first-order valence-corrected chi connectivity index (χ1v) is 19.4. The number of aliphatic hydroxyl groups excluding tert-OH is 1. The monoisotopic (exact) mass is 729 g/mol. The highest BCUT2D eigenvalue weighted by atomic mass is 19.3. The maximum atomic E-state index is 14.2. The number of ketones is 1. The Morgan fingerprint density at radius 2 is 1.71 bits per heavy atom. The van der Waals surface area contributed by atoms with Crippen molar-refractivity contribution in [3.63, 3.8) is 0 Å². The van der Waals surface area contributed by atoms with Gasteiger partial charge in [-0.1, -0.05) is 46.6 Å². The molecule has 5 rings (SSSR count). The molecule has 0 radical (unpaired) electrons. The summed E-state index contributed by atoms with van der Waals surface area (Å²) < 4.78 is 33.1. The number of aryl methyl sites for hydroxylation is 1. The standard InChI is InChI=1S/C20H27F2NO3.C15H22N2.C4H10O.C3H6O/c1-4-14-15(17(24)5-2)9-13(10-16(14)20(3,21)22)18(19(25)26)23-11-12-7-6-8-12;1-4-5-14(16-3)9-12-8-11(2)17-15(10-12)13-6-7-13;1-2-3-4-5;1-2-4-3-1/h9-10,12,18,23H,4-8,11H2,1-3H3,(H,25,26);5,8,10,13,16H,4,6-7,9H2,1-3H3;5H,2-4H2,1H3;1-3H2/b;14-5+;;. The van der Waals surface area contributed by atoms with Gasteiger partial charge in [-0.05, 0) is 112 Å². The van der Waals surface area contributed by atoms with Gasteiger partial charge in [0.05, 0.1) is 0 Å². The molecule has 1 aliphatic heterocycles. The number of aliphatic hydroxyl groups is 1. The van der Waals surface area contributed by atoms with Crippen molar-refractivity contribution in [2.24, 2.45) is 5.92 Å². The van der Waals surface area contributed by atoms with Crippen LogP contribution >= 0.6 is 0 Å². The lowest BCUT2D eigenvalue weighted by Crippen LogP contribution is -2.35. The van der Waals surface area contributed by atoms with E-state index in [2.05, 4.69) is 54.6 Å². The molecule has 0 bridgehead atoms. The number of rotatable bonds is 16. The minimum Gasteiger partial charge on any atom is -0.480 e. The fraction of sp³-hybridized carbons (Fsp3) is 0.643. The summed E-state index contributed by atoms with van der Waals surface area (Å²) in [6.45, 7) is 13.4. The number of hydrogen-bond acceptors (Lipinski definition) is 7. The third-order valence-electron chi connectivity index (χ3n) is 9.42. The fourth-order valence-electron chi connectivity index (χ4n) is 5.89. The van der Waals surface area contributed by atoms with Crippen molar-refractivity contribution in [1.29, 1.82) is 0 Å². The van der Waals surface area contributed by atoms with Crippen LogP contribution in [0.25, 0.3) is 0 Å². The summed E-state index contributed by atoms with van der Waals surface area (Å²) >= 11 is 0. The van der Waals surface area contributed by atoms with E-state index < -0.39 is 17.9 Å². The third kappa shape index (κ3) is 15.4. The molecule has 8 nitrogen and oxygen atoms in total. The molecule has 1 saturated heterocycles. The third-order valence-corrected chi connectivity index (χ3v) is 9.42. The summed E-state index contributed by atoms with van der Waals surface area (Å²) in [4.78, 5) is 28.7. The number of alkyl halides is 2. The predicted molar refractivity (Wildman–Crippen MR) is 205 cm³/mol. The van der Waals surface area contributed by atoms with Crippen molar-refractivity contribution in [1.82, 2.24) is 15.6 Å². The van der Waals surface area contributed by atoms with Crippen LogP contribution in [-0.4, -0.2) is 60.4 Å². The number of Topliss-reactive ketones (excluding diaryl/α,β-unsaturated/α-hetero) is 1. The molecular formula is C42H65F2N3O5. The summed E-state index contributed by atoms with van der Waals surface area (Å²) in [7, 11) is 2.00. The number of aliphatic carboxylic acids is 1. The molecule has 1 aromatic heterocycles. The first-order chi connectivity index (χ1) is 24.8. The minimum atomic E-state index is -3.15. The maximum absolute atomic E-state index is 14.2. The van der Waals surface area contributed by atoms with Crippen molar-refractivity contribution >= 4 is 11.8 Å². The topological polar surface area (TPSA) is 121 Å². The number of carboxylic acid groups (broad SMARTS) is 1. The number of carbonyl (C=O) groups is 2. The van der Waals surface area contributed by atoms with Gasteiger partial charge < -0.3 is 25.6 Å². The Bertz CT molecular complexity index is 1410. The van der Waals surface area contributed by atoms with Gasteiger partial charge in [0.25, 0.3) is 5.92 Å². The zero-order valence-corrected chi connectivity index (χ0v) is 32.8. The smallest absolute Gasteiger partial charge is 0.325 e. The van der Waals surface area contributed by atoms with Crippen LogP contribution in [0.5, 0.6) is 0 Å². The Balaban J connectivity index is 0.000000304. The molecule has 52 heavy (non-hydrogen) atoms. The molecule has 0 spiro atoms. The number of allylic oxidation sites excluding steroid dienone is 2. The second-order valence-corrected chi connectivity index (χ2v) is 14.0. The van der Waals surface area contributed by atoms with Crippen LogP contribution in [0, 0.1) is 12.8 Å². The van der Waals surface area contributed by atoms with Gasteiger partial charge in [0.15, 0.2) is 5.78 Å². The number of pyridine rings is 1. The number of hydrogen-bond donors (Lipinski definition) is 4. The van der Waals surface area contributed by atoms with Crippen LogP contribution < -0.4 is 10.6 Å². The van der Waals surface area contributed by atoms with Crippen LogP contribution in [0.4, 0.5) is 8.78 Å². The lowest BCUT2D eigenvalue weighted by Gasteiger charge is -2.28. The van der Waals surface area contributed by atoms with E-state index in [1.807, 2.05) is 7.05 Å². The first kappa shape index (κ1) is 44.9. The molecule has 2 saturated carbocycles. The lowest BCUT2D eigenvalue weighted by atomic mass is 9.85. The van der Waals surface area contributed by atoms with Crippen LogP contribution in [0.3, 0.4) is 0 Å². The zero-order valence-electron chi connectivity index (χ0n) is 32.8. The average Bonchev–Trinajstić information content (AvgIpc) is 3.90. The van der Waals surface area contributed by atoms with E-state index in [0.29, 0.717) is 24.6 Å². The number of nitrogens with zero attached hydrogens (tertiary/aromatic N) is 1. The highest BCUT2D eigenvalue weighted by Gasteiger charge is 2.33. The van der Waals surface area contributed by atoms with Crippen molar-refractivity contribution in [2.75, 3.05) is 33.4 Å². The molecule has 3 fully saturated rings. The number of carbonyl (C=O) groups excluding carboxylic acids is 1. The van der Waals surface area contributed by atoms with E-state index in [4.69, 9.17) is 9.84 Å². The number of unbranched alkanes of at least 4 members (excludes halogenated alkanes) is 1. The zero-order chi connectivity index (χ0) is 38.7. The molecule has 2 heterocycles. The van der Waals surface area contributed by atoms with Gasteiger partial charge in [0.1, 0.15) is 6.04 Å². The minimum absolute atomic E-state index is 0.179. The first-order valence-electron chi connectivity index (χ1n) is 19.4. The van der Waals surface area contributed by atoms with Gasteiger partial charge in [-0.15, -0.1) is 0 Å². The molecule has 4 N–H and O–H groups in total. The normalized spacial score (nSPS) is 16.0. The SMILES string of the molecule is C1COC1.CC/C=C(\Cc1cc(C)nc(C2CC2)c1)NC.CCC(=O)c1cc(C(NCC2CCC2)C(=O)O)cc(C(C)(F)F)c1CC.CCCCO. The molecule has 2 aliphatic carbocycles.